The molecule has 24 heavy (non-hydrogen) atoms. The van der Waals surface area contributed by atoms with Gasteiger partial charge in [-0.15, -0.1) is 0 Å². The summed E-state index contributed by atoms with van der Waals surface area (Å²) in [6.45, 7) is 6.56. The molecule has 134 valence electrons. The molecule has 1 fully saturated rings. The molecule has 0 aromatic heterocycles. The third-order valence-electron chi connectivity index (χ3n) is 4.25. The first-order valence-corrected chi connectivity index (χ1v) is 9.76. The number of nitro benzene ring substituents is 1. The average molecular weight is 355 g/mol. The molecule has 1 heterocycles. The number of hydrogen-bond acceptors (Lipinski definition) is 5. The molecule has 1 unspecified atom stereocenters. The van der Waals surface area contributed by atoms with Crippen LogP contribution < -0.4 is 4.72 Å². The molecule has 0 amide bonds. The Balaban J connectivity index is 2.09. The maximum atomic E-state index is 12.5. The van der Waals surface area contributed by atoms with Crippen LogP contribution in [0.1, 0.15) is 33.1 Å². The first-order chi connectivity index (χ1) is 11.3. The summed E-state index contributed by atoms with van der Waals surface area (Å²) in [4.78, 5) is 12.5. The van der Waals surface area contributed by atoms with Gasteiger partial charge in [0.1, 0.15) is 0 Å². The van der Waals surface area contributed by atoms with Gasteiger partial charge in [-0.25, -0.2) is 13.1 Å². The van der Waals surface area contributed by atoms with Gasteiger partial charge in [-0.05, 0) is 44.3 Å². The molecule has 1 aliphatic rings. The topological polar surface area (TPSA) is 92.5 Å². The molecule has 1 aromatic rings. The van der Waals surface area contributed by atoms with Crippen molar-refractivity contribution in [3.8, 4) is 0 Å². The quantitative estimate of drug-likeness (QED) is 0.571. The maximum absolute atomic E-state index is 12.5. The van der Waals surface area contributed by atoms with E-state index in [1.54, 1.807) is 0 Å². The van der Waals surface area contributed by atoms with Crippen molar-refractivity contribution in [1.29, 1.82) is 0 Å². The van der Waals surface area contributed by atoms with Crippen LogP contribution in [0.4, 0.5) is 5.69 Å². The number of hydrogen-bond donors (Lipinski definition) is 1. The fraction of sp³-hybridized carbons (Fsp3) is 0.625. The number of sulfonamides is 1. The zero-order valence-electron chi connectivity index (χ0n) is 14.1. The Bertz CT molecular complexity index is 670. The van der Waals surface area contributed by atoms with Crippen molar-refractivity contribution in [2.24, 2.45) is 5.92 Å². The van der Waals surface area contributed by atoms with Crippen LogP contribution in [0.25, 0.3) is 0 Å². The number of nitrogens with one attached hydrogen (secondary N) is 1. The zero-order valence-corrected chi connectivity index (χ0v) is 15.0. The highest BCUT2D eigenvalue weighted by Crippen LogP contribution is 2.20. The van der Waals surface area contributed by atoms with Crippen LogP contribution in [0.2, 0.25) is 0 Å². The predicted molar refractivity (Wildman–Crippen MR) is 92.3 cm³/mol. The average Bonchev–Trinajstić information content (AvgIpc) is 3.05. The Morgan fingerprint density at radius 3 is 2.54 bits per heavy atom. The van der Waals surface area contributed by atoms with Gasteiger partial charge in [0.05, 0.1) is 9.82 Å². The SMILES string of the molecule is CC(C)CC(CNS(=O)(=O)c1cccc([N+](=O)[O-])c1)N1CCCC1. The van der Waals surface area contributed by atoms with Crippen LogP contribution in [0, 0.1) is 16.0 Å². The minimum absolute atomic E-state index is 0.0681. The summed E-state index contributed by atoms with van der Waals surface area (Å²) in [7, 11) is -3.76. The number of non-ortho nitro benzene ring substituents is 1. The van der Waals surface area contributed by atoms with Gasteiger partial charge in [0.25, 0.3) is 5.69 Å². The largest absolute Gasteiger partial charge is 0.299 e. The van der Waals surface area contributed by atoms with Crippen LogP contribution in [-0.4, -0.2) is 43.9 Å². The van der Waals surface area contributed by atoms with Crippen molar-refractivity contribution in [2.75, 3.05) is 19.6 Å². The van der Waals surface area contributed by atoms with Gasteiger partial charge in [0, 0.05) is 24.7 Å². The van der Waals surface area contributed by atoms with Crippen LogP contribution in [0.3, 0.4) is 0 Å². The van der Waals surface area contributed by atoms with E-state index < -0.39 is 14.9 Å². The summed E-state index contributed by atoms with van der Waals surface area (Å²) in [5.41, 5.74) is -0.226. The van der Waals surface area contributed by atoms with Gasteiger partial charge in [0.2, 0.25) is 10.0 Å². The summed E-state index contributed by atoms with van der Waals surface area (Å²) in [6.07, 6.45) is 3.20. The summed E-state index contributed by atoms with van der Waals surface area (Å²) in [5, 5.41) is 10.8. The first-order valence-electron chi connectivity index (χ1n) is 8.28. The van der Waals surface area contributed by atoms with Crippen LogP contribution in [-0.2, 0) is 10.0 Å². The highest BCUT2D eigenvalue weighted by atomic mass is 32.2. The fourth-order valence-corrected chi connectivity index (χ4v) is 4.18. The van der Waals surface area contributed by atoms with Gasteiger partial charge in [0.15, 0.2) is 0 Å². The second-order valence-corrected chi connectivity index (χ2v) is 8.40. The van der Waals surface area contributed by atoms with Crippen molar-refractivity contribution >= 4 is 15.7 Å². The Labute approximate surface area is 143 Å². The van der Waals surface area contributed by atoms with Crippen molar-refractivity contribution in [2.45, 2.75) is 44.0 Å². The van der Waals surface area contributed by atoms with Crippen molar-refractivity contribution < 1.29 is 13.3 Å². The maximum Gasteiger partial charge on any atom is 0.270 e. The second-order valence-electron chi connectivity index (χ2n) is 6.63. The molecule has 1 aliphatic heterocycles. The van der Waals surface area contributed by atoms with Crippen molar-refractivity contribution in [3.63, 3.8) is 0 Å². The van der Waals surface area contributed by atoms with Crippen LogP contribution in [0.15, 0.2) is 29.2 Å². The lowest BCUT2D eigenvalue weighted by molar-refractivity contribution is -0.385. The van der Waals surface area contributed by atoms with E-state index in [1.807, 2.05) is 0 Å². The lowest BCUT2D eigenvalue weighted by Gasteiger charge is -2.29. The van der Waals surface area contributed by atoms with E-state index in [4.69, 9.17) is 0 Å². The Hall–Kier alpha value is -1.51. The van der Waals surface area contributed by atoms with Gasteiger partial charge in [-0.3, -0.25) is 15.0 Å². The molecule has 0 saturated carbocycles. The minimum atomic E-state index is -3.76. The van der Waals surface area contributed by atoms with Gasteiger partial charge < -0.3 is 0 Å². The normalized spacial score (nSPS) is 17.3. The third-order valence-corrected chi connectivity index (χ3v) is 5.67. The number of likely N-dealkylation sites (tertiary alicyclic amines) is 1. The molecule has 0 bridgehead atoms. The first kappa shape index (κ1) is 18.8. The van der Waals surface area contributed by atoms with Crippen molar-refractivity contribution in [3.05, 3.63) is 34.4 Å². The lowest BCUT2D eigenvalue weighted by atomic mass is 10.0. The van der Waals surface area contributed by atoms with E-state index in [2.05, 4.69) is 23.5 Å². The molecule has 1 N–H and O–H groups in total. The number of nitrogens with zero attached hydrogens (tertiary/aromatic N) is 2. The highest BCUT2D eigenvalue weighted by Gasteiger charge is 2.25. The van der Waals surface area contributed by atoms with Gasteiger partial charge >= 0.3 is 0 Å². The molecule has 0 aliphatic carbocycles. The third kappa shape index (κ3) is 4.99. The Kier molecular flexibility index (Phi) is 6.31. The Morgan fingerprint density at radius 2 is 1.96 bits per heavy atom. The molecule has 0 radical (unpaired) electrons. The second kappa shape index (κ2) is 8.04. The molecule has 1 saturated heterocycles. The van der Waals surface area contributed by atoms with E-state index in [0.29, 0.717) is 12.5 Å². The van der Waals surface area contributed by atoms with Crippen LogP contribution >= 0.6 is 0 Å². The molecule has 1 atom stereocenters. The summed E-state index contributed by atoms with van der Waals surface area (Å²) in [5.74, 6) is 0.470. The van der Waals surface area contributed by atoms with E-state index in [9.17, 15) is 18.5 Å². The molecule has 0 spiro atoms. The van der Waals surface area contributed by atoms with Crippen LogP contribution in [0.5, 0.6) is 0 Å². The van der Waals surface area contributed by atoms with E-state index >= 15 is 0 Å². The summed E-state index contributed by atoms with van der Waals surface area (Å²) >= 11 is 0. The van der Waals surface area contributed by atoms with Gasteiger partial charge in [-0.2, -0.15) is 0 Å². The molecular weight excluding hydrogens is 330 g/mol. The zero-order chi connectivity index (χ0) is 17.7. The smallest absolute Gasteiger partial charge is 0.270 e. The lowest BCUT2D eigenvalue weighted by Crippen LogP contribution is -2.43. The summed E-state index contributed by atoms with van der Waals surface area (Å²) in [6, 6.07) is 5.29. The number of rotatable bonds is 8. The summed E-state index contributed by atoms with van der Waals surface area (Å²) < 4.78 is 27.6. The molecule has 1 aromatic carbocycles. The molecular formula is C16H25N3O4S. The van der Waals surface area contributed by atoms with Gasteiger partial charge in [-0.1, -0.05) is 19.9 Å². The molecule has 2 rings (SSSR count). The highest BCUT2D eigenvalue weighted by molar-refractivity contribution is 7.89. The van der Waals surface area contributed by atoms with Crippen molar-refractivity contribution in [1.82, 2.24) is 9.62 Å². The minimum Gasteiger partial charge on any atom is -0.299 e. The Morgan fingerprint density at radius 1 is 1.29 bits per heavy atom. The van der Waals surface area contributed by atoms with E-state index in [-0.39, 0.29) is 16.6 Å². The van der Waals surface area contributed by atoms with E-state index in [1.165, 1.54) is 18.2 Å². The number of nitro groups is 1. The standard InChI is InChI=1S/C16H25N3O4S/c1-13(2)10-15(18-8-3-4-9-18)12-17-24(22,23)16-7-5-6-14(11-16)19(20)21/h5-7,11,13,15,17H,3-4,8-10,12H2,1-2H3. The number of benzene rings is 1. The molecule has 8 heteroatoms. The molecule has 7 nitrogen and oxygen atoms in total. The fourth-order valence-electron chi connectivity index (χ4n) is 3.07. The predicted octanol–water partition coefficient (Wildman–Crippen LogP) is 2.38. The van der Waals surface area contributed by atoms with E-state index in [0.717, 1.165) is 38.4 Å². The monoisotopic (exact) mass is 355 g/mol.